The molecule has 1 N–H and O–H groups in total. The van der Waals surface area contributed by atoms with E-state index in [0.717, 1.165) is 4.47 Å². The molecule has 2 aromatic carbocycles. The van der Waals surface area contributed by atoms with Crippen molar-refractivity contribution in [1.29, 1.82) is 0 Å². The van der Waals surface area contributed by atoms with Gasteiger partial charge in [-0.05, 0) is 38.1 Å². The molecule has 3 rings (SSSR count). The lowest BCUT2D eigenvalue weighted by Gasteiger charge is -2.19. The Labute approximate surface area is 176 Å². The van der Waals surface area contributed by atoms with Crippen molar-refractivity contribution in [3.63, 3.8) is 0 Å². The average Bonchev–Trinajstić information content (AvgIpc) is 2.98. The highest BCUT2D eigenvalue weighted by Gasteiger charge is 2.20. The number of benzene rings is 2. The summed E-state index contributed by atoms with van der Waals surface area (Å²) in [5, 5.41) is 19.1. The number of amides is 2. The third kappa shape index (κ3) is 4.37. The summed E-state index contributed by atoms with van der Waals surface area (Å²) in [6.07, 6.45) is 0. The van der Waals surface area contributed by atoms with Gasteiger partial charge in [0.15, 0.2) is 5.69 Å². The lowest BCUT2D eigenvalue weighted by molar-refractivity contribution is -0.131. The van der Waals surface area contributed by atoms with Gasteiger partial charge >= 0.3 is 0 Å². The topological polar surface area (TPSA) is 87.3 Å². The highest BCUT2D eigenvalue weighted by Crippen LogP contribution is 2.38. The molecule has 0 spiro atoms. The zero-order chi connectivity index (χ0) is 21.0. The smallest absolute Gasteiger partial charge is 0.295 e. The first-order chi connectivity index (χ1) is 14.0. The van der Waals surface area contributed by atoms with Crippen LogP contribution in [0.4, 0.5) is 5.69 Å². The molecule has 0 bridgehead atoms. The zero-order valence-electron chi connectivity index (χ0n) is 16.2. The van der Waals surface area contributed by atoms with E-state index in [1.165, 1.54) is 4.57 Å². The Balaban J connectivity index is 1.97. The van der Waals surface area contributed by atoms with Gasteiger partial charge in [-0.25, -0.2) is 0 Å². The third-order valence-corrected chi connectivity index (χ3v) is 5.13. The number of hydrogen-bond donors (Lipinski definition) is 1. The van der Waals surface area contributed by atoms with Gasteiger partial charge in [-0.2, -0.15) is 0 Å². The number of halogens is 1. The molecule has 0 unspecified atom stereocenters. The predicted octanol–water partition coefficient (Wildman–Crippen LogP) is 4.90. The standard InChI is InChI=1S/C21H21BrN4O3/c1-3-25(4-2)18(27)13-26-17-11-6-5-10-16(17)19(21(26)29)23-24-20(28)14-8-7-9-15(22)12-14/h5-12,29H,3-4,13H2,1-2H3. The quantitative estimate of drug-likeness (QED) is 0.534. The summed E-state index contributed by atoms with van der Waals surface area (Å²) in [6.45, 7) is 4.96. The maximum Gasteiger partial charge on any atom is 0.295 e. The number of likely N-dealkylation sites (N-methyl/N-ethyl adjacent to an activating group) is 1. The number of aromatic nitrogens is 1. The number of carbonyl (C=O) groups is 2. The maximum atomic E-state index is 12.5. The van der Waals surface area contributed by atoms with Gasteiger partial charge in [0.25, 0.3) is 5.91 Å². The molecule has 7 nitrogen and oxygen atoms in total. The SMILES string of the molecule is CCN(CC)C(=O)Cn1c(O)c(N=NC(=O)c2cccc(Br)c2)c2ccccc21. The molecule has 0 aliphatic heterocycles. The summed E-state index contributed by atoms with van der Waals surface area (Å²) in [6, 6.07) is 14.0. The fourth-order valence-electron chi connectivity index (χ4n) is 3.12. The van der Waals surface area contributed by atoms with Gasteiger partial charge in [0.05, 0.1) is 5.52 Å². The van der Waals surface area contributed by atoms with Gasteiger partial charge in [0.1, 0.15) is 6.54 Å². The number of para-hydroxylation sites is 1. The summed E-state index contributed by atoms with van der Waals surface area (Å²) in [5.41, 5.74) is 1.19. The van der Waals surface area contributed by atoms with Crippen LogP contribution in [0.15, 0.2) is 63.2 Å². The number of nitrogens with zero attached hydrogens (tertiary/aromatic N) is 4. The van der Waals surface area contributed by atoms with Gasteiger partial charge in [-0.1, -0.05) is 40.2 Å². The van der Waals surface area contributed by atoms with Crippen LogP contribution in [0.1, 0.15) is 24.2 Å². The van der Waals surface area contributed by atoms with Crippen LogP contribution in [0.2, 0.25) is 0 Å². The Morgan fingerprint density at radius 3 is 2.52 bits per heavy atom. The average molecular weight is 457 g/mol. The molecule has 1 heterocycles. The molecule has 150 valence electrons. The Bertz CT molecular complexity index is 1090. The van der Waals surface area contributed by atoms with Crippen LogP contribution in [0.3, 0.4) is 0 Å². The largest absolute Gasteiger partial charge is 0.493 e. The van der Waals surface area contributed by atoms with E-state index in [1.54, 1.807) is 47.4 Å². The highest BCUT2D eigenvalue weighted by molar-refractivity contribution is 9.10. The molecular weight excluding hydrogens is 436 g/mol. The first-order valence-corrected chi connectivity index (χ1v) is 10.0. The molecule has 29 heavy (non-hydrogen) atoms. The van der Waals surface area contributed by atoms with Crippen LogP contribution in [-0.2, 0) is 11.3 Å². The van der Waals surface area contributed by atoms with Crippen molar-refractivity contribution >= 4 is 44.3 Å². The Hall–Kier alpha value is -3.00. The van der Waals surface area contributed by atoms with E-state index < -0.39 is 5.91 Å². The summed E-state index contributed by atoms with van der Waals surface area (Å²) in [7, 11) is 0. The molecule has 8 heteroatoms. The van der Waals surface area contributed by atoms with E-state index in [9.17, 15) is 14.7 Å². The molecule has 0 aliphatic carbocycles. The second kappa shape index (κ2) is 9.00. The number of azo groups is 1. The first-order valence-electron chi connectivity index (χ1n) is 9.25. The normalized spacial score (nSPS) is 11.3. The molecule has 0 saturated heterocycles. The molecule has 0 fully saturated rings. The lowest BCUT2D eigenvalue weighted by Crippen LogP contribution is -2.33. The van der Waals surface area contributed by atoms with Gasteiger partial charge in [0, 0.05) is 28.5 Å². The first kappa shape index (κ1) is 20.7. The zero-order valence-corrected chi connectivity index (χ0v) is 17.8. The van der Waals surface area contributed by atoms with Crippen LogP contribution >= 0.6 is 15.9 Å². The number of hydrogen-bond acceptors (Lipinski definition) is 4. The predicted molar refractivity (Wildman–Crippen MR) is 115 cm³/mol. The molecule has 0 atom stereocenters. The van der Waals surface area contributed by atoms with Crippen LogP contribution < -0.4 is 0 Å². The van der Waals surface area contributed by atoms with E-state index in [-0.39, 0.29) is 24.0 Å². The fraction of sp³-hybridized carbons (Fsp3) is 0.238. The van der Waals surface area contributed by atoms with E-state index in [1.807, 2.05) is 19.9 Å². The van der Waals surface area contributed by atoms with Crippen LogP contribution in [0.25, 0.3) is 10.9 Å². The molecule has 3 aromatic rings. The van der Waals surface area contributed by atoms with Crippen molar-refractivity contribution in [3.05, 3.63) is 58.6 Å². The van der Waals surface area contributed by atoms with Gasteiger partial charge < -0.3 is 14.6 Å². The van der Waals surface area contributed by atoms with Gasteiger partial charge in [-0.3, -0.25) is 9.59 Å². The Kier molecular flexibility index (Phi) is 6.43. The van der Waals surface area contributed by atoms with Crippen molar-refractivity contribution in [1.82, 2.24) is 9.47 Å². The summed E-state index contributed by atoms with van der Waals surface area (Å²) < 4.78 is 2.25. The molecule has 2 amide bonds. The number of rotatable bonds is 6. The monoisotopic (exact) mass is 456 g/mol. The fourth-order valence-corrected chi connectivity index (χ4v) is 3.52. The minimum Gasteiger partial charge on any atom is -0.493 e. The van der Waals surface area contributed by atoms with Crippen LogP contribution in [0.5, 0.6) is 5.88 Å². The van der Waals surface area contributed by atoms with Crippen molar-refractivity contribution in [2.24, 2.45) is 10.2 Å². The number of carbonyl (C=O) groups excluding carboxylic acids is 2. The van der Waals surface area contributed by atoms with Gasteiger partial charge in [-0.15, -0.1) is 10.2 Å². The third-order valence-electron chi connectivity index (χ3n) is 4.64. The number of aromatic hydroxyl groups is 1. The van der Waals surface area contributed by atoms with Gasteiger partial charge in [0.2, 0.25) is 11.8 Å². The van der Waals surface area contributed by atoms with E-state index >= 15 is 0 Å². The molecule has 0 aliphatic rings. The summed E-state index contributed by atoms with van der Waals surface area (Å²) in [4.78, 5) is 26.6. The van der Waals surface area contributed by atoms with Crippen molar-refractivity contribution in [2.45, 2.75) is 20.4 Å². The Morgan fingerprint density at radius 2 is 1.83 bits per heavy atom. The summed E-state index contributed by atoms with van der Waals surface area (Å²) in [5.74, 6) is -0.834. The Morgan fingerprint density at radius 1 is 1.10 bits per heavy atom. The molecular formula is C21H21BrN4O3. The van der Waals surface area contributed by atoms with Crippen molar-refractivity contribution in [2.75, 3.05) is 13.1 Å². The lowest BCUT2D eigenvalue weighted by atomic mass is 10.2. The van der Waals surface area contributed by atoms with E-state index in [2.05, 4.69) is 26.2 Å². The van der Waals surface area contributed by atoms with Crippen LogP contribution in [0, 0.1) is 0 Å². The maximum absolute atomic E-state index is 12.5. The highest BCUT2D eigenvalue weighted by atomic mass is 79.9. The van der Waals surface area contributed by atoms with Crippen LogP contribution in [-0.4, -0.2) is 39.5 Å². The summed E-state index contributed by atoms with van der Waals surface area (Å²) >= 11 is 3.32. The minimum absolute atomic E-state index is 0.0247. The van der Waals surface area contributed by atoms with Crippen molar-refractivity contribution in [3.8, 4) is 5.88 Å². The van der Waals surface area contributed by atoms with E-state index in [0.29, 0.717) is 29.6 Å². The minimum atomic E-state index is -0.526. The second-order valence-electron chi connectivity index (χ2n) is 6.36. The van der Waals surface area contributed by atoms with Crippen molar-refractivity contribution < 1.29 is 14.7 Å². The van der Waals surface area contributed by atoms with E-state index in [4.69, 9.17) is 0 Å². The molecule has 1 aromatic heterocycles. The second-order valence-corrected chi connectivity index (χ2v) is 7.27. The molecule has 0 radical (unpaired) electrons. The number of fused-ring (bicyclic) bond motifs is 1. The molecule has 0 saturated carbocycles.